The lowest BCUT2D eigenvalue weighted by Crippen LogP contribution is -2.14. The Labute approximate surface area is 161 Å². The van der Waals surface area contributed by atoms with Gasteiger partial charge >= 0.3 is 5.97 Å². The van der Waals surface area contributed by atoms with Gasteiger partial charge in [0.2, 0.25) is 0 Å². The molecule has 1 saturated heterocycles. The number of nitrogens with one attached hydrogen (secondary N) is 1. The van der Waals surface area contributed by atoms with Crippen LogP contribution in [0.5, 0.6) is 5.75 Å². The van der Waals surface area contributed by atoms with Crippen LogP contribution in [0.4, 0.5) is 5.69 Å². The summed E-state index contributed by atoms with van der Waals surface area (Å²) < 4.78 is 21.4. The third-order valence-corrected chi connectivity index (χ3v) is 4.21. The molecule has 1 N–H and O–H groups in total. The molecular formula is C21H19NO6. The second-order valence-electron chi connectivity index (χ2n) is 6.30. The molecule has 1 unspecified atom stereocenters. The molecule has 0 aliphatic carbocycles. The van der Waals surface area contributed by atoms with Gasteiger partial charge in [0.15, 0.2) is 5.76 Å². The van der Waals surface area contributed by atoms with Crippen molar-refractivity contribution in [1.82, 2.24) is 0 Å². The molecule has 1 fully saturated rings. The molecule has 0 saturated carbocycles. The average molecular weight is 381 g/mol. The molecule has 2 heterocycles. The summed E-state index contributed by atoms with van der Waals surface area (Å²) in [4.78, 5) is 24.8. The van der Waals surface area contributed by atoms with Crippen LogP contribution in [0.25, 0.3) is 11.0 Å². The van der Waals surface area contributed by atoms with E-state index in [0.29, 0.717) is 30.2 Å². The van der Waals surface area contributed by atoms with Crippen LogP contribution in [0.2, 0.25) is 0 Å². The fourth-order valence-corrected chi connectivity index (χ4v) is 2.74. The van der Waals surface area contributed by atoms with E-state index in [1.54, 1.807) is 31.2 Å². The van der Waals surface area contributed by atoms with Crippen LogP contribution in [0, 0.1) is 0 Å². The number of para-hydroxylation sites is 1. The molecule has 4 rings (SSSR count). The number of amides is 1. The quantitative estimate of drug-likeness (QED) is 0.496. The van der Waals surface area contributed by atoms with Crippen molar-refractivity contribution in [3.05, 3.63) is 59.9 Å². The Kier molecular flexibility index (Phi) is 4.99. The Morgan fingerprint density at radius 2 is 2.00 bits per heavy atom. The fourth-order valence-electron chi connectivity index (χ4n) is 2.74. The zero-order valence-corrected chi connectivity index (χ0v) is 15.3. The largest absolute Gasteiger partial charge is 0.490 e. The van der Waals surface area contributed by atoms with Crippen molar-refractivity contribution in [3.63, 3.8) is 0 Å². The van der Waals surface area contributed by atoms with Crippen LogP contribution >= 0.6 is 0 Å². The summed E-state index contributed by atoms with van der Waals surface area (Å²) in [6, 6.07) is 13.9. The van der Waals surface area contributed by atoms with E-state index in [0.717, 1.165) is 5.39 Å². The van der Waals surface area contributed by atoms with E-state index in [1.165, 1.54) is 6.07 Å². The van der Waals surface area contributed by atoms with Crippen molar-refractivity contribution in [3.8, 4) is 5.75 Å². The highest BCUT2D eigenvalue weighted by Crippen LogP contribution is 2.26. The minimum atomic E-state index is -0.519. The zero-order valence-electron chi connectivity index (χ0n) is 15.3. The van der Waals surface area contributed by atoms with Crippen molar-refractivity contribution < 1.29 is 28.2 Å². The van der Waals surface area contributed by atoms with Crippen molar-refractivity contribution >= 4 is 28.5 Å². The number of rotatable bonds is 7. The van der Waals surface area contributed by atoms with E-state index >= 15 is 0 Å². The molecule has 3 aromatic rings. The van der Waals surface area contributed by atoms with E-state index in [9.17, 15) is 9.59 Å². The molecule has 28 heavy (non-hydrogen) atoms. The fraction of sp³-hybridized carbons (Fsp3) is 0.238. The first-order valence-electron chi connectivity index (χ1n) is 8.99. The summed E-state index contributed by atoms with van der Waals surface area (Å²) in [5.74, 6) is -0.360. The molecule has 0 bridgehead atoms. The lowest BCUT2D eigenvalue weighted by atomic mass is 10.1. The first-order valence-corrected chi connectivity index (χ1v) is 8.99. The molecule has 1 aliphatic rings. The molecule has 1 atom stereocenters. The summed E-state index contributed by atoms with van der Waals surface area (Å²) in [5, 5.41) is 3.58. The highest BCUT2D eigenvalue weighted by atomic mass is 16.6. The number of hydrogen-bond acceptors (Lipinski definition) is 6. The average Bonchev–Trinajstić information content (AvgIpc) is 3.42. The van der Waals surface area contributed by atoms with Crippen LogP contribution < -0.4 is 10.1 Å². The summed E-state index contributed by atoms with van der Waals surface area (Å²) >= 11 is 0. The van der Waals surface area contributed by atoms with Crippen molar-refractivity contribution in [2.75, 3.05) is 25.1 Å². The normalized spacial score (nSPS) is 15.2. The minimum absolute atomic E-state index is 0.0579. The minimum Gasteiger partial charge on any atom is -0.490 e. The summed E-state index contributed by atoms with van der Waals surface area (Å²) in [5.41, 5.74) is 1.30. The SMILES string of the molecule is CCOC(=O)c1cc(NC(=O)c2cc3ccccc3o2)ccc1OCC1CO1. The summed E-state index contributed by atoms with van der Waals surface area (Å²) in [6.07, 6.45) is 0.0579. The van der Waals surface area contributed by atoms with E-state index in [4.69, 9.17) is 18.6 Å². The number of ether oxygens (including phenoxy) is 3. The van der Waals surface area contributed by atoms with Crippen LogP contribution in [0.3, 0.4) is 0 Å². The predicted octanol–water partition coefficient (Wildman–Crippen LogP) is 3.64. The Morgan fingerprint density at radius 3 is 2.75 bits per heavy atom. The molecular weight excluding hydrogens is 362 g/mol. The highest BCUT2D eigenvalue weighted by molar-refractivity contribution is 6.05. The monoisotopic (exact) mass is 381 g/mol. The first kappa shape index (κ1) is 18.1. The molecule has 0 radical (unpaired) electrons. The van der Waals surface area contributed by atoms with Gasteiger partial charge in [-0.1, -0.05) is 18.2 Å². The van der Waals surface area contributed by atoms with Gasteiger partial charge < -0.3 is 23.9 Å². The molecule has 1 aromatic heterocycles. The van der Waals surface area contributed by atoms with Crippen LogP contribution in [0.1, 0.15) is 27.8 Å². The Hall–Kier alpha value is -3.32. The van der Waals surface area contributed by atoms with Crippen LogP contribution in [-0.2, 0) is 9.47 Å². The molecule has 7 nitrogen and oxygen atoms in total. The number of hydrogen-bond donors (Lipinski definition) is 1. The number of anilines is 1. The van der Waals surface area contributed by atoms with Gasteiger partial charge in [0.05, 0.1) is 13.2 Å². The maximum absolute atomic E-state index is 12.5. The van der Waals surface area contributed by atoms with Gasteiger partial charge in [-0.15, -0.1) is 0 Å². The maximum atomic E-state index is 12.5. The van der Waals surface area contributed by atoms with E-state index in [2.05, 4.69) is 5.32 Å². The molecule has 2 aromatic carbocycles. The Morgan fingerprint density at radius 1 is 1.18 bits per heavy atom. The van der Waals surface area contributed by atoms with Gasteiger partial charge in [0, 0.05) is 11.1 Å². The zero-order chi connectivity index (χ0) is 19.5. The Bertz CT molecular complexity index is 988. The van der Waals surface area contributed by atoms with Crippen LogP contribution in [0.15, 0.2) is 52.9 Å². The molecule has 144 valence electrons. The lowest BCUT2D eigenvalue weighted by molar-refractivity contribution is 0.0521. The molecule has 1 aliphatic heterocycles. The maximum Gasteiger partial charge on any atom is 0.341 e. The third-order valence-electron chi connectivity index (χ3n) is 4.21. The summed E-state index contributed by atoms with van der Waals surface area (Å²) in [6.45, 7) is 2.97. The lowest BCUT2D eigenvalue weighted by Gasteiger charge is -2.12. The molecule has 1 amide bonds. The van der Waals surface area contributed by atoms with E-state index in [-0.39, 0.29) is 24.0 Å². The number of carbonyl (C=O) groups excluding carboxylic acids is 2. The number of epoxide rings is 1. The van der Waals surface area contributed by atoms with E-state index < -0.39 is 11.9 Å². The van der Waals surface area contributed by atoms with Gasteiger partial charge in [-0.25, -0.2) is 4.79 Å². The number of benzene rings is 2. The second kappa shape index (κ2) is 7.74. The van der Waals surface area contributed by atoms with Gasteiger partial charge in [0.25, 0.3) is 5.91 Å². The standard InChI is InChI=1S/C21H19NO6/c1-2-25-21(24)16-10-14(7-8-18(16)27-12-15-11-26-15)22-20(23)19-9-13-5-3-4-6-17(13)28-19/h3-10,15H,2,11-12H2,1H3,(H,22,23). The summed E-state index contributed by atoms with van der Waals surface area (Å²) in [7, 11) is 0. The number of carbonyl (C=O) groups is 2. The van der Waals surface area contributed by atoms with Crippen molar-refractivity contribution in [2.24, 2.45) is 0 Å². The Balaban J connectivity index is 1.54. The van der Waals surface area contributed by atoms with E-state index in [1.807, 2.05) is 18.2 Å². The first-order chi connectivity index (χ1) is 13.6. The smallest absolute Gasteiger partial charge is 0.341 e. The second-order valence-corrected chi connectivity index (χ2v) is 6.30. The molecule has 7 heteroatoms. The van der Waals surface area contributed by atoms with Gasteiger partial charge in [0.1, 0.15) is 29.6 Å². The molecule has 0 spiro atoms. The predicted molar refractivity (Wildman–Crippen MR) is 102 cm³/mol. The van der Waals surface area contributed by atoms with Crippen LogP contribution in [-0.4, -0.2) is 37.8 Å². The third kappa shape index (κ3) is 3.99. The van der Waals surface area contributed by atoms with Crippen molar-refractivity contribution in [2.45, 2.75) is 13.0 Å². The topological polar surface area (TPSA) is 90.3 Å². The van der Waals surface area contributed by atoms with Crippen molar-refractivity contribution in [1.29, 1.82) is 0 Å². The number of fused-ring (bicyclic) bond motifs is 1. The van der Waals surface area contributed by atoms with Gasteiger partial charge in [-0.2, -0.15) is 0 Å². The highest BCUT2D eigenvalue weighted by Gasteiger charge is 2.25. The van der Waals surface area contributed by atoms with Gasteiger partial charge in [-0.3, -0.25) is 4.79 Å². The van der Waals surface area contributed by atoms with Gasteiger partial charge in [-0.05, 0) is 37.3 Å². The number of esters is 1. The number of furan rings is 1.